The molecule has 0 aliphatic carbocycles. The number of benzene rings is 2. The number of fused-ring (bicyclic) bond motifs is 1. The SMILES string of the molecule is CC(C)Cc1ccc(S(=O)(=O)NCc2ccc3c(c2)CNC3)cc1.Cl. The standard InChI is InChI=1S/C19H24N2O2S.ClH/c1-14(2)9-15-4-7-19(8-5-15)24(22,23)21-11-16-3-6-17-12-20-13-18(17)10-16;/h3-8,10,14,20-21H,9,11-13H2,1-2H3;1H. The van der Waals surface area contributed by atoms with E-state index in [1.165, 1.54) is 11.1 Å². The summed E-state index contributed by atoms with van der Waals surface area (Å²) in [7, 11) is -3.48. The molecule has 25 heavy (non-hydrogen) atoms. The molecule has 0 aromatic heterocycles. The van der Waals surface area contributed by atoms with Crippen LogP contribution in [0, 0.1) is 5.92 Å². The van der Waals surface area contributed by atoms with Crippen molar-refractivity contribution >= 4 is 22.4 Å². The van der Waals surface area contributed by atoms with E-state index in [2.05, 4.69) is 36.0 Å². The fourth-order valence-electron chi connectivity index (χ4n) is 3.00. The third kappa shape index (κ3) is 5.05. The molecule has 6 heteroatoms. The Balaban J connectivity index is 0.00000225. The average Bonchev–Trinajstić information content (AvgIpc) is 3.00. The van der Waals surface area contributed by atoms with Gasteiger partial charge in [-0.3, -0.25) is 0 Å². The van der Waals surface area contributed by atoms with E-state index in [4.69, 9.17) is 0 Å². The van der Waals surface area contributed by atoms with Crippen LogP contribution in [-0.4, -0.2) is 8.42 Å². The van der Waals surface area contributed by atoms with Crippen molar-refractivity contribution in [2.24, 2.45) is 5.92 Å². The molecule has 1 aliphatic heterocycles. The van der Waals surface area contributed by atoms with Gasteiger partial charge >= 0.3 is 0 Å². The zero-order valence-electron chi connectivity index (χ0n) is 14.6. The normalized spacial score (nSPS) is 13.6. The molecule has 0 atom stereocenters. The van der Waals surface area contributed by atoms with E-state index in [0.717, 1.165) is 30.6 Å². The van der Waals surface area contributed by atoms with Crippen molar-refractivity contribution in [3.05, 3.63) is 64.7 Å². The molecule has 2 N–H and O–H groups in total. The van der Waals surface area contributed by atoms with Gasteiger partial charge < -0.3 is 5.32 Å². The van der Waals surface area contributed by atoms with Crippen LogP contribution in [0.4, 0.5) is 0 Å². The van der Waals surface area contributed by atoms with Gasteiger partial charge in [-0.1, -0.05) is 44.2 Å². The van der Waals surface area contributed by atoms with Crippen LogP contribution in [0.5, 0.6) is 0 Å². The molecule has 0 saturated carbocycles. The first-order chi connectivity index (χ1) is 11.4. The Bertz CT molecular complexity index is 818. The predicted octanol–water partition coefficient (Wildman–Crippen LogP) is 3.39. The summed E-state index contributed by atoms with van der Waals surface area (Å²) in [6, 6.07) is 13.3. The van der Waals surface area contributed by atoms with Gasteiger partial charge in [0.15, 0.2) is 0 Å². The number of hydrogen-bond acceptors (Lipinski definition) is 3. The smallest absolute Gasteiger partial charge is 0.240 e. The summed E-state index contributed by atoms with van der Waals surface area (Å²) in [5.74, 6) is 0.555. The zero-order valence-corrected chi connectivity index (χ0v) is 16.2. The summed E-state index contributed by atoms with van der Waals surface area (Å²) in [6.45, 7) is 6.36. The molecule has 0 fully saturated rings. The quantitative estimate of drug-likeness (QED) is 0.807. The molecule has 1 heterocycles. The first-order valence-corrected chi connectivity index (χ1v) is 9.82. The molecule has 0 spiro atoms. The first-order valence-electron chi connectivity index (χ1n) is 8.34. The second kappa shape index (κ2) is 8.32. The Morgan fingerprint density at radius 1 is 1.00 bits per heavy atom. The number of hydrogen-bond donors (Lipinski definition) is 2. The van der Waals surface area contributed by atoms with Gasteiger partial charge in [-0.05, 0) is 46.7 Å². The van der Waals surface area contributed by atoms with E-state index in [1.54, 1.807) is 12.1 Å². The molecule has 0 bridgehead atoms. The number of nitrogens with one attached hydrogen (secondary N) is 2. The Hall–Kier alpha value is -1.40. The lowest BCUT2D eigenvalue weighted by Crippen LogP contribution is -2.23. The van der Waals surface area contributed by atoms with Crippen molar-refractivity contribution in [1.29, 1.82) is 0 Å². The summed E-state index contributed by atoms with van der Waals surface area (Å²) in [6.07, 6.45) is 0.955. The summed E-state index contributed by atoms with van der Waals surface area (Å²) >= 11 is 0. The lowest BCUT2D eigenvalue weighted by Gasteiger charge is -2.10. The fraction of sp³-hybridized carbons (Fsp3) is 0.368. The third-order valence-electron chi connectivity index (χ3n) is 4.25. The Morgan fingerprint density at radius 3 is 2.32 bits per heavy atom. The number of sulfonamides is 1. The van der Waals surface area contributed by atoms with Crippen LogP contribution in [0.15, 0.2) is 47.4 Å². The first kappa shape index (κ1) is 19.9. The maximum atomic E-state index is 12.4. The molecule has 3 rings (SSSR count). The maximum Gasteiger partial charge on any atom is 0.240 e. The summed E-state index contributed by atoms with van der Waals surface area (Å²) in [4.78, 5) is 0.317. The maximum absolute atomic E-state index is 12.4. The highest BCUT2D eigenvalue weighted by atomic mass is 35.5. The molecule has 0 unspecified atom stereocenters. The van der Waals surface area contributed by atoms with Gasteiger partial charge in [0.25, 0.3) is 0 Å². The van der Waals surface area contributed by atoms with Gasteiger partial charge in [0, 0.05) is 19.6 Å². The molecule has 136 valence electrons. The van der Waals surface area contributed by atoms with Gasteiger partial charge in [0.05, 0.1) is 4.90 Å². The van der Waals surface area contributed by atoms with Crippen LogP contribution in [0.1, 0.15) is 36.1 Å². The van der Waals surface area contributed by atoms with Gasteiger partial charge in [0.2, 0.25) is 10.0 Å². The third-order valence-corrected chi connectivity index (χ3v) is 5.66. The highest BCUT2D eigenvalue weighted by molar-refractivity contribution is 7.89. The molecular formula is C19H25ClN2O2S. The van der Waals surface area contributed by atoms with E-state index in [-0.39, 0.29) is 12.4 Å². The lowest BCUT2D eigenvalue weighted by molar-refractivity contribution is 0.581. The van der Waals surface area contributed by atoms with Crippen molar-refractivity contribution in [2.75, 3.05) is 0 Å². The van der Waals surface area contributed by atoms with E-state index < -0.39 is 10.0 Å². The molecule has 0 radical (unpaired) electrons. The Morgan fingerprint density at radius 2 is 1.64 bits per heavy atom. The molecule has 0 amide bonds. The van der Waals surface area contributed by atoms with E-state index in [0.29, 0.717) is 17.4 Å². The van der Waals surface area contributed by atoms with E-state index >= 15 is 0 Å². The molecule has 1 aliphatic rings. The van der Waals surface area contributed by atoms with Crippen molar-refractivity contribution in [2.45, 2.75) is 44.8 Å². The molecule has 0 saturated heterocycles. The van der Waals surface area contributed by atoms with E-state index in [9.17, 15) is 8.42 Å². The van der Waals surface area contributed by atoms with Crippen molar-refractivity contribution in [3.63, 3.8) is 0 Å². The summed E-state index contributed by atoms with van der Waals surface area (Å²) in [5.41, 5.74) is 4.69. The van der Waals surface area contributed by atoms with E-state index in [1.807, 2.05) is 18.2 Å². The van der Waals surface area contributed by atoms with Crippen LogP contribution in [0.2, 0.25) is 0 Å². The second-order valence-corrected chi connectivity index (χ2v) is 8.54. The van der Waals surface area contributed by atoms with Crippen molar-refractivity contribution in [1.82, 2.24) is 10.0 Å². The molecule has 4 nitrogen and oxygen atoms in total. The minimum atomic E-state index is -3.48. The average molecular weight is 381 g/mol. The molecular weight excluding hydrogens is 356 g/mol. The Labute approximate surface area is 156 Å². The second-order valence-electron chi connectivity index (χ2n) is 6.77. The summed E-state index contributed by atoms with van der Waals surface area (Å²) in [5, 5.41) is 3.29. The topological polar surface area (TPSA) is 58.2 Å². The largest absolute Gasteiger partial charge is 0.309 e. The number of rotatable bonds is 6. The van der Waals surface area contributed by atoms with Crippen LogP contribution < -0.4 is 10.0 Å². The molecule has 2 aromatic rings. The predicted molar refractivity (Wildman–Crippen MR) is 103 cm³/mol. The number of halogens is 1. The Kier molecular flexibility index (Phi) is 6.63. The van der Waals surface area contributed by atoms with Gasteiger partial charge in [-0.25, -0.2) is 13.1 Å². The highest BCUT2D eigenvalue weighted by Gasteiger charge is 2.15. The van der Waals surface area contributed by atoms with Gasteiger partial charge in [-0.15, -0.1) is 12.4 Å². The summed E-state index contributed by atoms with van der Waals surface area (Å²) < 4.78 is 27.6. The van der Waals surface area contributed by atoms with Gasteiger partial charge in [-0.2, -0.15) is 0 Å². The van der Waals surface area contributed by atoms with Crippen LogP contribution in [-0.2, 0) is 36.1 Å². The van der Waals surface area contributed by atoms with Crippen LogP contribution >= 0.6 is 12.4 Å². The zero-order chi connectivity index (χ0) is 17.2. The molecule has 2 aromatic carbocycles. The van der Waals surface area contributed by atoms with Crippen molar-refractivity contribution < 1.29 is 8.42 Å². The van der Waals surface area contributed by atoms with Gasteiger partial charge in [0.1, 0.15) is 0 Å². The minimum Gasteiger partial charge on any atom is -0.309 e. The van der Waals surface area contributed by atoms with Crippen LogP contribution in [0.25, 0.3) is 0 Å². The minimum absolute atomic E-state index is 0. The highest BCUT2D eigenvalue weighted by Crippen LogP contribution is 2.18. The fourth-order valence-corrected chi connectivity index (χ4v) is 4.01. The lowest BCUT2D eigenvalue weighted by atomic mass is 10.0. The van der Waals surface area contributed by atoms with Crippen LogP contribution in [0.3, 0.4) is 0 Å². The van der Waals surface area contributed by atoms with Crippen molar-refractivity contribution in [3.8, 4) is 0 Å². The monoisotopic (exact) mass is 380 g/mol.